The Hall–Kier alpha value is -3.14. The van der Waals surface area contributed by atoms with Gasteiger partial charge in [-0.25, -0.2) is 19.9 Å². The quantitative estimate of drug-likeness (QED) is 0.708. The van der Waals surface area contributed by atoms with Crippen molar-refractivity contribution in [3.05, 3.63) is 43.0 Å². The first-order valence-corrected chi connectivity index (χ1v) is 9.16. The summed E-state index contributed by atoms with van der Waals surface area (Å²) in [5, 5.41) is 13.9. The minimum absolute atomic E-state index is 0.194. The molecule has 1 saturated heterocycles. The first-order valence-electron chi connectivity index (χ1n) is 9.16. The molecule has 0 radical (unpaired) electrons. The molecule has 0 bridgehead atoms. The van der Waals surface area contributed by atoms with E-state index < -0.39 is 6.10 Å². The van der Waals surface area contributed by atoms with Gasteiger partial charge in [0.05, 0.1) is 5.54 Å². The highest BCUT2D eigenvalue weighted by atomic mass is 16.3. The Morgan fingerprint density at radius 3 is 2.57 bits per heavy atom. The summed E-state index contributed by atoms with van der Waals surface area (Å²) in [5.41, 5.74) is -0.194. The van der Waals surface area contributed by atoms with Gasteiger partial charge in [-0.05, 0) is 32.9 Å². The Kier molecular flexibility index (Phi) is 4.63. The van der Waals surface area contributed by atoms with Crippen LogP contribution in [-0.4, -0.2) is 65.0 Å². The van der Waals surface area contributed by atoms with Gasteiger partial charge in [-0.2, -0.15) is 14.8 Å². The summed E-state index contributed by atoms with van der Waals surface area (Å²) < 4.78 is 1.55. The van der Waals surface area contributed by atoms with Gasteiger partial charge in [0.25, 0.3) is 5.95 Å². The molecule has 10 nitrogen and oxygen atoms in total. The normalized spacial score (nSPS) is 17.6. The Balaban J connectivity index is 1.56. The predicted molar refractivity (Wildman–Crippen MR) is 103 cm³/mol. The van der Waals surface area contributed by atoms with Gasteiger partial charge in [0.1, 0.15) is 30.4 Å². The summed E-state index contributed by atoms with van der Waals surface area (Å²) in [7, 11) is 0. The van der Waals surface area contributed by atoms with Crippen LogP contribution >= 0.6 is 0 Å². The van der Waals surface area contributed by atoms with Crippen molar-refractivity contribution in [3.63, 3.8) is 0 Å². The van der Waals surface area contributed by atoms with E-state index in [0.717, 1.165) is 31.3 Å². The van der Waals surface area contributed by atoms with E-state index >= 15 is 0 Å². The van der Waals surface area contributed by atoms with Crippen LogP contribution in [0.25, 0.3) is 5.95 Å². The zero-order valence-corrected chi connectivity index (χ0v) is 16.1. The highest BCUT2D eigenvalue weighted by molar-refractivity contribution is 5.48. The van der Waals surface area contributed by atoms with Gasteiger partial charge >= 0.3 is 0 Å². The number of piperazine rings is 1. The topological polar surface area (TPSA) is 109 Å². The van der Waals surface area contributed by atoms with E-state index in [0.29, 0.717) is 11.8 Å². The van der Waals surface area contributed by atoms with Crippen molar-refractivity contribution in [1.29, 1.82) is 0 Å². The minimum Gasteiger partial charge on any atom is -0.385 e. The van der Waals surface area contributed by atoms with E-state index in [2.05, 4.69) is 53.7 Å². The molecule has 0 saturated carbocycles. The molecule has 146 valence electrons. The third kappa shape index (κ3) is 3.50. The second kappa shape index (κ2) is 7.12. The lowest BCUT2D eigenvalue weighted by Gasteiger charge is -2.48. The van der Waals surface area contributed by atoms with Crippen molar-refractivity contribution in [2.75, 3.05) is 29.4 Å². The second-order valence-electron chi connectivity index (χ2n) is 7.39. The number of rotatable bonds is 4. The van der Waals surface area contributed by atoms with Crippen molar-refractivity contribution >= 4 is 11.6 Å². The maximum atomic E-state index is 9.79. The number of aromatic nitrogens is 7. The summed E-state index contributed by atoms with van der Waals surface area (Å²) >= 11 is 0. The summed E-state index contributed by atoms with van der Waals surface area (Å²) in [6, 6.07) is 3.79. The van der Waals surface area contributed by atoms with E-state index in [4.69, 9.17) is 0 Å². The average Bonchev–Trinajstić information content (AvgIpc) is 3.22. The molecule has 4 heterocycles. The summed E-state index contributed by atoms with van der Waals surface area (Å²) in [6.45, 7) is 8.32. The Labute approximate surface area is 162 Å². The van der Waals surface area contributed by atoms with Crippen LogP contribution in [0.15, 0.2) is 37.2 Å². The highest BCUT2D eigenvalue weighted by Crippen LogP contribution is 2.29. The van der Waals surface area contributed by atoms with Crippen LogP contribution in [0.5, 0.6) is 0 Å². The smallest absolute Gasteiger partial charge is 0.253 e. The Morgan fingerprint density at radius 2 is 1.86 bits per heavy atom. The molecule has 1 unspecified atom stereocenters. The molecule has 1 N–H and O–H groups in total. The lowest BCUT2D eigenvalue weighted by atomic mass is 9.98. The average molecular weight is 381 g/mol. The maximum absolute atomic E-state index is 9.79. The van der Waals surface area contributed by atoms with Crippen molar-refractivity contribution in [2.45, 2.75) is 32.4 Å². The Morgan fingerprint density at radius 1 is 1.07 bits per heavy atom. The molecule has 0 amide bonds. The van der Waals surface area contributed by atoms with Gasteiger partial charge in [0.15, 0.2) is 5.82 Å². The summed E-state index contributed by atoms with van der Waals surface area (Å²) in [5.74, 6) is 2.60. The van der Waals surface area contributed by atoms with E-state index in [1.807, 2.05) is 12.1 Å². The summed E-state index contributed by atoms with van der Waals surface area (Å²) in [6.07, 6.45) is 5.78. The molecule has 1 aliphatic rings. The van der Waals surface area contributed by atoms with E-state index in [1.54, 1.807) is 30.3 Å². The van der Waals surface area contributed by atoms with Crippen molar-refractivity contribution < 1.29 is 5.11 Å². The van der Waals surface area contributed by atoms with Crippen molar-refractivity contribution in [1.82, 2.24) is 34.7 Å². The zero-order chi connectivity index (χ0) is 19.7. The molecule has 4 rings (SSSR count). The number of anilines is 2. The number of hydrogen-bond acceptors (Lipinski definition) is 9. The van der Waals surface area contributed by atoms with Crippen molar-refractivity contribution in [2.24, 2.45) is 0 Å². The number of aliphatic hydroxyl groups excluding tert-OH is 1. The maximum Gasteiger partial charge on any atom is 0.253 e. The fourth-order valence-electron chi connectivity index (χ4n) is 3.43. The van der Waals surface area contributed by atoms with E-state index in [1.165, 1.54) is 6.33 Å². The van der Waals surface area contributed by atoms with Crippen LogP contribution in [0.1, 0.15) is 32.7 Å². The molecule has 3 aromatic heterocycles. The molecule has 1 fully saturated rings. The molecule has 0 aromatic carbocycles. The lowest BCUT2D eigenvalue weighted by molar-refractivity contribution is 0.188. The number of nitrogens with zero attached hydrogens (tertiary/aromatic N) is 9. The van der Waals surface area contributed by atoms with Gasteiger partial charge in [0.2, 0.25) is 0 Å². The molecule has 0 aliphatic carbocycles. The third-order valence-electron chi connectivity index (χ3n) is 4.79. The minimum atomic E-state index is -0.694. The van der Waals surface area contributed by atoms with Crippen LogP contribution < -0.4 is 9.80 Å². The fourth-order valence-corrected chi connectivity index (χ4v) is 3.43. The molecule has 1 atom stereocenters. The molecule has 3 aromatic rings. The van der Waals surface area contributed by atoms with E-state index in [-0.39, 0.29) is 5.54 Å². The van der Waals surface area contributed by atoms with Crippen LogP contribution in [0.3, 0.4) is 0 Å². The van der Waals surface area contributed by atoms with Gasteiger partial charge in [-0.3, -0.25) is 0 Å². The predicted octanol–water partition coefficient (Wildman–Crippen LogP) is 1.01. The van der Waals surface area contributed by atoms with Crippen molar-refractivity contribution in [3.8, 4) is 5.95 Å². The lowest BCUT2D eigenvalue weighted by Crippen LogP contribution is -2.60. The number of aliphatic hydroxyl groups is 1. The molecular weight excluding hydrogens is 358 g/mol. The van der Waals surface area contributed by atoms with Crippen LogP contribution in [0, 0.1) is 0 Å². The van der Waals surface area contributed by atoms with Crippen LogP contribution in [0.4, 0.5) is 11.6 Å². The molecule has 10 heteroatoms. The van der Waals surface area contributed by atoms with Gasteiger partial charge in [-0.15, -0.1) is 0 Å². The SMILES string of the molecule is CC(O)c1nccc(N2CCN(c3ccnc(-n4cncn4)n3)CC2(C)C)n1. The standard InChI is InChI=1S/C18H23N9O/c1-13(28)16-20-6-5-15(23-16)26-9-8-25(10-18(26,2)3)14-4-7-21-17(24-14)27-12-19-11-22-27/h4-7,11-13,28H,8-10H2,1-3H3. The fraction of sp³-hybridized carbons (Fsp3) is 0.444. The summed E-state index contributed by atoms with van der Waals surface area (Å²) in [4.78, 5) is 26.0. The molecule has 1 aliphatic heterocycles. The highest BCUT2D eigenvalue weighted by Gasteiger charge is 2.35. The van der Waals surface area contributed by atoms with Gasteiger partial charge < -0.3 is 14.9 Å². The monoisotopic (exact) mass is 381 g/mol. The van der Waals surface area contributed by atoms with Gasteiger partial charge in [0, 0.05) is 32.0 Å². The van der Waals surface area contributed by atoms with Gasteiger partial charge in [-0.1, -0.05) is 0 Å². The van der Waals surface area contributed by atoms with E-state index in [9.17, 15) is 5.11 Å². The molecule has 28 heavy (non-hydrogen) atoms. The first-order chi connectivity index (χ1) is 13.4. The molecular formula is C18H23N9O. The number of hydrogen-bond donors (Lipinski definition) is 1. The second-order valence-corrected chi connectivity index (χ2v) is 7.39. The van der Waals surface area contributed by atoms with Crippen LogP contribution in [0.2, 0.25) is 0 Å². The third-order valence-corrected chi connectivity index (χ3v) is 4.79. The molecule has 0 spiro atoms. The first kappa shape index (κ1) is 18.2. The Bertz CT molecular complexity index is 942. The van der Waals surface area contributed by atoms with Crippen LogP contribution in [-0.2, 0) is 0 Å². The largest absolute Gasteiger partial charge is 0.385 e. The zero-order valence-electron chi connectivity index (χ0n) is 16.1.